The number of hydrogen-bond acceptors (Lipinski definition) is 10. The number of benzene rings is 1. The van der Waals surface area contributed by atoms with E-state index in [0.717, 1.165) is 17.8 Å². The van der Waals surface area contributed by atoms with Crippen molar-refractivity contribution in [3.63, 3.8) is 0 Å². The first-order valence-corrected chi connectivity index (χ1v) is 18.4. The third-order valence-electron chi connectivity index (χ3n) is 7.88. The van der Waals surface area contributed by atoms with E-state index in [4.69, 9.17) is 28.7 Å². The molecular formula is C34H54N12O5S. The number of ketones is 1. The molecule has 0 bridgehead atoms. The first-order valence-electron chi connectivity index (χ1n) is 17.5. The van der Waals surface area contributed by atoms with Gasteiger partial charge in [0.15, 0.2) is 16.9 Å². The van der Waals surface area contributed by atoms with Crippen LogP contribution in [0.25, 0.3) is 0 Å². The number of aromatic nitrogens is 1. The summed E-state index contributed by atoms with van der Waals surface area (Å²) in [5, 5.41) is 13.0. The Morgan fingerprint density at radius 1 is 0.692 bits per heavy atom. The fourth-order valence-corrected chi connectivity index (χ4v) is 5.76. The second-order valence-electron chi connectivity index (χ2n) is 12.1. The lowest BCUT2D eigenvalue weighted by Gasteiger charge is -2.26. The van der Waals surface area contributed by atoms with Crippen molar-refractivity contribution in [2.45, 2.75) is 95.3 Å². The van der Waals surface area contributed by atoms with Crippen LogP contribution in [0, 0.1) is 0 Å². The monoisotopic (exact) mass is 742 g/mol. The highest BCUT2D eigenvalue weighted by atomic mass is 32.1. The number of carbonyl (C=O) groups is 5. The van der Waals surface area contributed by atoms with Crippen LogP contribution in [0.1, 0.15) is 91.3 Å². The van der Waals surface area contributed by atoms with Crippen molar-refractivity contribution >= 4 is 52.7 Å². The molecule has 0 spiro atoms. The lowest BCUT2D eigenvalue weighted by Crippen LogP contribution is -2.57. The van der Waals surface area contributed by atoms with E-state index in [-0.39, 0.29) is 49.3 Å². The number of aliphatic imine (C=N–C) groups is 2. The normalized spacial score (nSPS) is 13.0. The van der Waals surface area contributed by atoms with Gasteiger partial charge in [-0.3, -0.25) is 34.0 Å². The number of Topliss-reactive ketones (excluding diaryl/α,β-unsaturated/α-hetero) is 1. The minimum atomic E-state index is -1.13. The van der Waals surface area contributed by atoms with E-state index in [1.54, 1.807) is 35.7 Å². The zero-order valence-electron chi connectivity index (χ0n) is 29.7. The molecule has 14 N–H and O–H groups in total. The van der Waals surface area contributed by atoms with E-state index in [1.807, 2.05) is 6.92 Å². The summed E-state index contributed by atoms with van der Waals surface area (Å²) in [5.41, 5.74) is 27.9. The number of guanidine groups is 2. The van der Waals surface area contributed by atoms with E-state index in [9.17, 15) is 24.0 Å². The number of amides is 4. The van der Waals surface area contributed by atoms with Gasteiger partial charge in [-0.25, -0.2) is 4.98 Å². The van der Waals surface area contributed by atoms with Gasteiger partial charge in [0.1, 0.15) is 18.1 Å². The summed E-state index contributed by atoms with van der Waals surface area (Å²) in [6.45, 7) is 2.75. The largest absolute Gasteiger partial charge is 0.370 e. The van der Waals surface area contributed by atoms with Crippen LogP contribution >= 0.6 is 11.3 Å². The molecule has 1 heterocycles. The second kappa shape index (κ2) is 24.2. The SMILES string of the molecule is CCCC[C@H](NC(=O)c1ccccc1)C(=O)N[C@@H](CCCCN)C(=O)N[C@@H](CCCN=C(N)N)C(=O)N[C@@H](CCCN=C(N)N)C(=O)c1nccs1. The van der Waals surface area contributed by atoms with Crippen molar-refractivity contribution < 1.29 is 24.0 Å². The third-order valence-corrected chi connectivity index (χ3v) is 8.67. The Hall–Kier alpha value is -5.10. The third kappa shape index (κ3) is 16.3. The van der Waals surface area contributed by atoms with E-state index in [2.05, 4.69) is 36.2 Å². The summed E-state index contributed by atoms with van der Waals surface area (Å²) in [5.74, 6) is -2.82. The van der Waals surface area contributed by atoms with Crippen molar-refractivity contribution in [1.29, 1.82) is 0 Å². The molecule has 18 heteroatoms. The van der Waals surface area contributed by atoms with Gasteiger partial charge in [0.2, 0.25) is 23.5 Å². The van der Waals surface area contributed by atoms with Crippen LogP contribution < -0.4 is 49.9 Å². The molecule has 4 amide bonds. The van der Waals surface area contributed by atoms with Crippen LogP contribution in [0.4, 0.5) is 0 Å². The Bertz CT molecular complexity index is 1460. The number of nitrogens with one attached hydrogen (secondary N) is 4. The van der Waals surface area contributed by atoms with Gasteiger partial charge >= 0.3 is 0 Å². The van der Waals surface area contributed by atoms with Crippen molar-refractivity contribution in [2.24, 2.45) is 38.7 Å². The molecule has 2 aromatic rings. The summed E-state index contributed by atoms with van der Waals surface area (Å²) in [4.78, 5) is 79.7. The van der Waals surface area contributed by atoms with E-state index >= 15 is 0 Å². The Kier molecular flexibility index (Phi) is 20.0. The highest BCUT2D eigenvalue weighted by Crippen LogP contribution is 2.13. The molecule has 0 saturated heterocycles. The second-order valence-corrected chi connectivity index (χ2v) is 13.0. The molecule has 52 heavy (non-hydrogen) atoms. The molecule has 0 aliphatic rings. The molecule has 0 unspecified atom stereocenters. The summed E-state index contributed by atoms with van der Waals surface area (Å²) in [7, 11) is 0. The van der Waals surface area contributed by atoms with Gasteiger partial charge in [-0.15, -0.1) is 11.3 Å². The quantitative estimate of drug-likeness (QED) is 0.0282. The minimum absolute atomic E-state index is 0.0984. The predicted molar refractivity (Wildman–Crippen MR) is 202 cm³/mol. The molecular weight excluding hydrogens is 689 g/mol. The average molecular weight is 743 g/mol. The van der Waals surface area contributed by atoms with Gasteiger partial charge < -0.3 is 49.9 Å². The number of rotatable bonds is 25. The van der Waals surface area contributed by atoms with Crippen LogP contribution in [0.5, 0.6) is 0 Å². The standard InChI is InChI=1S/C34H54N12O5S/c1-2-3-13-24(44-28(48)22-11-5-4-6-12-22)30(50)45-25(14-7-8-17-35)31(51)46-26(16-10-19-42-34(38)39)29(49)43-23(15-9-18-41-33(36)37)27(47)32-40-20-21-52-32/h4-6,11-12,20-21,23-26H,2-3,7-10,13-19,35H2,1H3,(H,43,49)(H,44,48)(H,45,50)(H,46,51)(H4,36,37,41)(H4,38,39,42)/t23-,24-,25-,26-/m0/s1. The summed E-state index contributed by atoms with van der Waals surface area (Å²) < 4.78 is 0. The van der Waals surface area contributed by atoms with Crippen LogP contribution in [0.3, 0.4) is 0 Å². The number of unbranched alkanes of at least 4 members (excludes halogenated alkanes) is 2. The van der Waals surface area contributed by atoms with Crippen LogP contribution in [-0.2, 0) is 14.4 Å². The Morgan fingerprint density at radius 2 is 1.19 bits per heavy atom. The van der Waals surface area contributed by atoms with Crippen molar-refractivity contribution in [3.8, 4) is 0 Å². The molecule has 4 atom stereocenters. The minimum Gasteiger partial charge on any atom is -0.370 e. The highest BCUT2D eigenvalue weighted by molar-refractivity contribution is 7.11. The number of thiazole rings is 1. The van der Waals surface area contributed by atoms with Gasteiger partial charge in [-0.05, 0) is 70.0 Å². The number of carbonyl (C=O) groups excluding carboxylic acids is 5. The molecule has 1 aromatic carbocycles. The Morgan fingerprint density at radius 3 is 1.69 bits per heavy atom. The van der Waals surface area contributed by atoms with E-state index < -0.39 is 53.6 Å². The molecule has 286 valence electrons. The van der Waals surface area contributed by atoms with Crippen molar-refractivity contribution in [3.05, 3.63) is 52.5 Å². The fourth-order valence-electron chi connectivity index (χ4n) is 5.13. The zero-order valence-corrected chi connectivity index (χ0v) is 30.5. The Labute approximate surface area is 308 Å². The molecule has 0 radical (unpaired) electrons. The van der Waals surface area contributed by atoms with Gasteiger partial charge in [0, 0.05) is 30.2 Å². The first-order chi connectivity index (χ1) is 25.0. The molecule has 0 saturated carbocycles. The number of nitrogens with zero attached hydrogens (tertiary/aromatic N) is 3. The van der Waals surface area contributed by atoms with Crippen LogP contribution in [0.15, 0.2) is 51.9 Å². The number of nitrogens with two attached hydrogens (primary N) is 5. The topological polar surface area (TPSA) is 301 Å². The molecule has 0 aliphatic carbocycles. The lowest BCUT2D eigenvalue weighted by molar-refractivity contribution is -0.133. The van der Waals surface area contributed by atoms with Crippen molar-refractivity contribution in [1.82, 2.24) is 26.3 Å². The smallest absolute Gasteiger partial charge is 0.251 e. The summed E-state index contributed by atoms with van der Waals surface area (Å²) >= 11 is 1.13. The van der Waals surface area contributed by atoms with Gasteiger partial charge in [0.05, 0.1) is 6.04 Å². The molecule has 1 aromatic heterocycles. The molecule has 17 nitrogen and oxygen atoms in total. The zero-order chi connectivity index (χ0) is 38.3. The van der Waals surface area contributed by atoms with Gasteiger partial charge in [-0.2, -0.15) is 0 Å². The maximum Gasteiger partial charge on any atom is 0.251 e. The maximum atomic E-state index is 13.9. The molecule has 2 rings (SSSR count). The van der Waals surface area contributed by atoms with Crippen molar-refractivity contribution in [2.75, 3.05) is 19.6 Å². The first kappa shape index (κ1) is 43.1. The van der Waals surface area contributed by atoms with Crippen LogP contribution in [0.2, 0.25) is 0 Å². The van der Waals surface area contributed by atoms with Gasteiger partial charge in [-0.1, -0.05) is 38.0 Å². The fraction of sp³-hybridized carbons (Fsp3) is 0.529. The van der Waals surface area contributed by atoms with Crippen LogP contribution in [-0.4, -0.2) is 90.1 Å². The summed E-state index contributed by atoms with van der Waals surface area (Å²) in [6, 6.07) is 4.43. The lowest BCUT2D eigenvalue weighted by atomic mass is 10.0. The molecule has 0 fully saturated rings. The summed E-state index contributed by atoms with van der Waals surface area (Å²) in [6.07, 6.45) is 5.58. The maximum absolute atomic E-state index is 13.9. The molecule has 0 aliphatic heterocycles. The van der Waals surface area contributed by atoms with Gasteiger partial charge in [0.25, 0.3) is 5.91 Å². The number of hydrogen-bond donors (Lipinski definition) is 9. The predicted octanol–water partition coefficient (Wildman–Crippen LogP) is 0.00520. The van der Waals surface area contributed by atoms with E-state index in [1.165, 1.54) is 6.20 Å². The van der Waals surface area contributed by atoms with E-state index in [0.29, 0.717) is 50.6 Å². The Balaban J connectivity index is 2.30. The average Bonchev–Trinajstić information content (AvgIpc) is 3.67. The highest BCUT2D eigenvalue weighted by Gasteiger charge is 2.32.